The zero-order valence-electron chi connectivity index (χ0n) is 8.69. The van der Waals surface area contributed by atoms with E-state index in [4.69, 9.17) is 0 Å². The van der Waals surface area contributed by atoms with Gasteiger partial charge in [-0.05, 0) is 32.6 Å². The zero-order chi connectivity index (χ0) is 11.6. The number of carbonyl (C=O) groups excluding carboxylic acids is 1. The van der Waals surface area contributed by atoms with Crippen molar-refractivity contribution in [2.45, 2.75) is 38.9 Å². The van der Waals surface area contributed by atoms with E-state index in [0.29, 0.717) is 18.9 Å². The van der Waals surface area contributed by atoms with Crippen LogP contribution in [-0.4, -0.2) is 18.1 Å². The number of hydrogen-bond donors (Lipinski definition) is 1. The van der Waals surface area contributed by atoms with Gasteiger partial charge in [-0.25, -0.2) is 0 Å². The highest BCUT2D eigenvalue weighted by atomic mass is 19.4. The molecule has 0 unspecified atom stereocenters. The smallest absolute Gasteiger partial charge is 0.350 e. The number of rotatable bonds is 3. The van der Waals surface area contributed by atoms with Gasteiger partial charge in [-0.1, -0.05) is 0 Å². The molecule has 5 heteroatoms. The molecule has 1 fully saturated rings. The van der Waals surface area contributed by atoms with Gasteiger partial charge in [-0.3, -0.25) is 4.79 Å². The van der Waals surface area contributed by atoms with Crippen molar-refractivity contribution < 1.29 is 18.0 Å². The molecule has 1 amide bonds. The molecule has 0 aromatic carbocycles. The lowest BCUT2D eigenvalue weighted by molar-refractivity contribution is -0.118. The lowest BCUT2D eigenvalue weighted by Crippen LogP contribution is -2.30. The first-order chi connectivity index (χ1) is 6.80. The molecule has 86 valence electrons. The predicted octanol–water partition coefficient (Wildman–Crippen LogP) is 2.41. The summed E-state index contributed by atoms with van der Waals surface area (Å²) >= 11 is 0. The Kier molecular flexibility index (Phi) is 3.42. The second-order valence-electron chi connectivity index (χ2n) is 4.04. The Bertz CT molecular complexity index is 277. The lowest BCUT2D eigenvalue weighted by atomic mass is 10.1. The fourth-order valence-electron chi connectivity index (χ4n) is 1.29. The third-order valence-corrected chi connectivity index (χ3v) is 2.06. The summed E-state index contributed by atoms with van der Waals surface area (Å²) < 4.78 is 37.4. The van der Waals surface area contributed by atoms with Gasteiger partial charge in [0.15, 0.2) is 0 Å². The molecule has 1 N–H and O–H groups in total. The minimum absolute atomic E-state index is 0.151. The van der Waals surface area contributed by atoms with Crippen LogP contribution in [0.3, 0.4) is 0 Å². The Balaban J connectivity index is 2.71. The second kappa shape index (κ2) is 4.24. The largest absolute Gasteiger partial charge is 0.413 e. The summed E-state index contributed by atoms with van der Waals surface area (Å²) in [6, 6.07) is -0.151. The molecule has 0 aromatic rings. The van der Waals surface area contributed by atoms with Gasteiger partial charge in [-0.15, -0.1) is 0 Å². The lowest BCUT2D eigenvalue weighted by Gasteiger charge is -2.11. The highest BCUT2D eigenvalue weighted by Gasteiger charge is 2.43. The number of carbonyl (C=O) groups is 1. The molecular formula is C10H14F3NO. The summed E-state index contributed by atoms with van der Waals surface area (Å²) in [4.78, 5) is 11.2. The first-order valence-corrected chi connectivity index (χ1v) is 4.90. The summed E-state index contributed by atoms with van der Waals surface area (Å²) in [5.41, 5.74) is -0.694. The Morgan fingerprint density at radius 1 is 1.40 bits per heavy atom. The molecule has 1 aliphatic carbocycles. The van der Waals surface area contributed by atoms with Gasteiger partial charge in [0.2, 0.25) is 5.91 Å². The molecule has 0 spiro atoms. The topological polar surface area (TPSA) is 29.1 Å². The Labute approximate surface area is 86.5 Å². The van der Waals surface area contributed by atoms with E-state index < -0.39 is 23.6 Å². The Morgan fingerprint density at radius 2 is 1.93 bits per heavy atom. The molecule has 0 aliphatic heterocycles. The van der Waals surface area contributed by atoms with Gasteiger partial charge < -0.3 is 5.32 Å². The summed E-state index contributed by atoms with van der Waals surface area (Å²) in [5.74, 6) is -1.13. The van der Waals surface area contributed by atoms with E-state index in [1.807, 2.05) is 0 Å². The molecule has 1 saturated carbocycles. The molecule has 15 heavy (non-hydrogen) atoms. The minimum atomic E-state index is -4.38. The molecular weight excluding hydrogens is 207 g/mol. The molecule has 1 rings (SSSR count). The third kappa shape index (κ3) is 3.93. The van der Waals surface area contributed by atoms with Crippen LogP contribution in [0.1, 0.15) is 26.7 Å². The van der Waals surface area contributed by atoms with Crippen LogP contribution in [0.2, 0.25) is 0 Å². The van der Waals surface area contributed by atoms with Crippen molar-refractivity contribution in [1.29, 1.82) is 0 Å². The number of hydrogen-bond acceptors (Lipinski definition) is 1. The van der Waals surface area contributed by atoms with Gasteiger partial charge in [-0.2, -0.15) is 13.2 Å². The van der Waals surface area contributed by atoms with Crippen molar-refractivity contribution in [3.05, 3.63) is 11.6 Å². The fraction of sp³-hybridized carbons (Fsp3) is 0.700. The van der Waals surface area contributed by atoms with E-state index in [2.05, 4.69) is 5.32 Å². The van der Waals surface area contributed by atoms with E-state index in [1.165, 1.54) is 0 Å². The number of alkyl halides is 3. The standard InChI is InChI=1S/C10H14F3NO/c1-6(2)14-9(15)5-8(7-3-4-7)10(11,12)13/h5-7H,3-4H2,1-2H3,(H,14,15)/b8-5+. The van der Waals surface area contributed by atoms with Crippen LogP contribution in [0.5, 0.6) is 0 Å². The van der Waals surface area contributed by atoms with Crippen molar-refractivity contribution in [2.24, 2.45) is 5.92 Å². The Morgan fingerprint density at radius 3 is 2.27 bits per heavy atom. The maximum atomic E-state index is 12.5. The van der Waals surface area contributed by atoms with Crippen LogP contribution in [0.4, 0.5) is 13.2 Å². The number of allylic oxidation sites excluding steroid dienone is 1. The van der Waals surface area contributed by atoms with Crippen molar-refractivity contribution in [3.8, 4) is 0 Å². The first-order valence-electron chi connectivity index (χ1n) is 4.90. The van der Waals surface area contributed by atoms with Crippen molar-refractivity contribution >= 4 is 5.91 Å². The summed E-state index contributed by atoms with van der Waals surface area (Å²) in [7, 11) is 0. The van der Waals surface area contributed by atoms with E-state index in [1.54, 1.807) is 13.8 Å². The molecule has 0 saturated heterocycles. The molecule has 0 aromatic heterocycles. The van der Waals surface area contributed by atoms with E-state index in [0.717, 1.165) is 0 Å². The maximum absolute atomic E-state index is 12.5. The molecule has 0 atom stereocenters. The second-order valence-corrected chi connectivity index (χ2v) is 4.04. The average molecular weight is 221 g/mol. The Hall–Kier alpha value is -1.00. The van der Waals surface area contributed by atoms with Crippen molar-refractivity contribution in [2.75, 3.05) is 0 Å². The van der Waals surface area contributed by atoms with Crippen LogP contribution in [-0.2, 0) is 4.79 Å². The van der Waals surface area contributed by atoms with Gasteiger partial charge in [0, 0.05) is 17.7 Å². The van der Waals surface area contributed by atoms with Crippen LogP contribution in [0.15, 0.2) is 11.6 Å². The van der Waals surface area contributed by atoms with E-state index in [-0.39, 0.29) is 6.04 Å². The van der Waals surface area contributed by atoms with Crippen molar-refractivity contribution in [3.63, 3.8) is 0 Å². The molecule has 1 aliphatic rings. The van der Waals surface area contributed by atoms with E-state index >= 15 is 0 Å². The third-order valence-electron chi connectivity index (χ3n) is 2.06. The number of amides is 1. The predicted molar refractivity (Wildman–Crippen MR) is 50.1 cm³/mol. The summed E-state index contributed by atoms with van der Waals surface area (Å²) in [5, 5.41) is 2.41. The number of halogens is 3. The van der Waals surface area contributed by atoms with Crippen LogP contribution >= 0.6 is 0 Å². The van der Waals surface area contributed by atoms with Crippen LogP contribution in [0.25, 0.3) is 0 Å². The normalized spacial score (nSPS) is 18.1. The molecule has 2 nitrogen and oxygen atoms in total. The number of nitrogens with one attached hydrogen (secondary N) is 1. The molecule has 0 bridgehead atoms. The van der Waals surface area contributed by atoms with E-state index in [9.17, 15) is 18.0 Å². The minimum Gasteiger partial charge on any atom is -0.350 e. The summed E-state index contributed by atoms with van der Waals surface area (Å²) in [6.45, 7) is 3.41. The van der Waals surface area contributed by atoms with Crippen LogP contribution < -0.4 is 5.32 Å². The van der Waals surface area contributed by atoms with Crippen molar-refractivity contribution in [1.82, 2.24) is 5.32 Å². The highest BCUT2D eigenvalue weighted by molar-refractivity contribution is 5.88. The average Bonchev–Trinajstić information content (AvgIpc) is 2.78. The van der Waals surface area contributed by atoms with Gasteiger partial charge in [0.25, 0.3) is 0 Å². The maximum Gasteiger partial charge on any atom is 0.413 e. The van der Waals surface area contributed by atoms with Crippen LogP contribution in [0, 0.1) is 5.92 Å². The van der Waals surface area contributed by atoms with Gasteiger partial charge in [0.05, 0.1) is 0 Å². The quantitative estimate of drug-likeness (QED) is 0.728. The fourth-order valence-corrected chi connectivity index (χ4v) is 1.29. The van der Waals surface area contributed by atoms with Gasteiger partial charge in [0.1, 0.15) is 0 Å². The highest BCUT2D eigenvalue weighted by Crippen LogP contribution is 2.44. The molecule has 0 radical (unpaired) electrons. The molecule has 0 heterocycles. The zero-order valence-corrected chi connectivity index (χ0v) is 8.69. The first kappa shape index (κ1) is 12.1. The summed E-state index contributed by atoms with van der Waals surface area (Å²) in [6.07, 6.45) is -2.63. The SMILES string of the molecule is CC(C)NC(=O)/C=C(\C1CC1)C(F)(F)F. The van der Waals surface area contributed by atoms with Gasteiger partial charge >= 0.3 is 6.18 Å². The monoisotopic (exact) mass is 221 g/mol.